The normalized spacial score (nSPS) is 19.4. The van der Waals surface area contributed by atoms with E-state index >= 15 is 0 Å². The predicted molar refractivity (Wildman–Crippen MR) is 199 cm³/mol. The lowest BCUT2D eigenvalue weighted by atomic mass is 9.96. The number of hydrogen-bond acceptors (Lipinski definition) is 8. The molecule has 2 saturated heterocycles. The fraction of sp³-hybridized carbons (Fsp3) is 0.410. The van der Waals surface area contributed by atoms with Crippen molar-refractivity contribution < 1.29 is 18.8 Å². The third-order valence-corrected chi connectivity index (χ3v) is 9.91. The van der Waals surface area contributed by atoms with E-state index in [0.29, 0.717) is 30.2 Å². The van der Waals surface area contributed by atoms with E-state index in [1.165, 1.54) is 41.2 Å². The molecule has 2 unspecified atom stereocenters. The number of piperidine rings is 2. The van der Waals surface area contributed by atoms with Crippen LogP contribution >= 0.6 is 0 Å². The number of nitrogens with one attached hydrogen (secondary N) is 2. The van der Waals surface area contributed by atoms with Crippen molar-refractivity contribution in [3.63, 3.8) is 0 Å². The number of aromatic nitrogens is 5. The molecule has 276 valence electrons. The zero-order chi connectivity index (χ0) is 37.5. The highest BCUT2D eigenvalue weighted by atomic mass is 19.1. The summed E-state index contributed by atoms with van der Waals surface area (Å²) in [6.07, 6.45) is 10.1. The van der Waals surface area contributed by atoms with E-state index < -0.39 is 18.1 Å². The maximum Gasteiger partial charge on any atom is 0.329 e. The summed E-state index contributed by atoms with van der Waals surface area (Å²) in [5.41, 5.74) is 3.31. The van der Waals surface area contributed by atoms with E-state index in [4.69, 9.17) is 10.4 Å². The molecule has 5 heterocycles. The number of imidazole rings is 1. The minimum Gasteiger partial charge on any atom is -0.321 e. The van der Waals surface area contributed by atoms with Crippen molar-refractivity contribution in [2.24, 2.45) is 7.05 Å². The van der Waals surface area contributed by atoms with Gasteiger partial charge in [-0.1, -0.05) is 37.5 Å². The fourth-order valence-electron chi connectivity index (χ4n) is 7.13. The molecule has 0 spiro atoms. The van der Waals surface area contributed by atoms with E-state index in [9.17, 15) is 23.6 Å². The molecule has 2 atom stereocenters. The minimum absolute atomic E-state index is 0.224. The van der Waals surface area contributed by atoms with Crippen LogP contribution in [0.4, 0.5) is 10.1 Å². The molecular weight excluding hydrogens is 677 g/mol. The first kappa shape index (κ1) is 37.1. The highest BCUT2D eigenvalue weighted by Crippen LogP contribution is 2.29. The van der Waals surface area contributed by atoms with Crippen LogP contribution in [0, 0.1) is 11.3 Å². The first-order valence-electron chi connectivity index (χ1n) is 18.1. The van der Waals surface area contributed by atoms with E-state index in [2.05, 4.69) is 26.5 Å². The van der Waals surface area contributed by atoms with Gasteiger partial charge in [0.2, 0.25) is 11.8 Å². The van der Waals surface area contributed by atoms with Crippen LogP contribution in [0.15, 0.2) is 71.7 Å². The smallest absolute Gasteiger partial charge is 0.321 e. The van der Waals surface area contributed by atoms with Crippen LogP contribution in [0.3, 0.4) is 0 Å². The number of carbonyl (C=O) groups is 3. The lowest BCUT2D eigenvalue weighted by Crippen LogP contribution is -2.44. The second kappa shape index (κ2) is 16.8. The molecule has 3 fully saturated rings. The molecule has 53 heavy (non-hydrogen) atoms. The number of nitriles is 1. The SMILES string of the molecule is CN1CCCC(F)C1.Cn1c(=O)n(C2CCC(=O)NC2=O)c2ccccc21.N#Cc1cccc(C(=O)Nc2ccc3nn(C4CCCCC4)cc3c2)n1. The Morgan fingerprint density at radius 3 is 2.42 bits per heavy atom. The summed E-state index contributed by atoms with van der Waals surface area (Å²) in [7, 11) is 3.64. The van der Waals surface area contributed by atoms with Crippen LogP contribution in [0.1, 0.15) is 86.1 Å². The topological polar surface area (TPSA) is 160 Å². The number of likely N-dealkylation sites (tertiary alicyclic amines) is 1. The van der Waals surface area contributed by atoms with Gasteiger partial charge in [0.25, 0.3) is 5.91 Å². The molecule has 1 saturated carbocycles. The molecule has 8 rings (SSSR count). The third kappa shape index (κ3) is 8.86. The van der Waals surface area contributed by atoms with Crippen molar-refractivity contribution >= 4 is 45.3 Å². The van der Waals surface area contributed by atoms with Crippen LogP contribution in [-0.2, 0) is 16.6 Å². The van der Waals surface area contributed by atoms with Crippen molar-refractivity contribution in [3.8, 4) is 6.07 Å². The summed E-state index contributed by atoms with van der Waals surface area (Å²) in [6.45, 7) is 1.71. The van der Waals surface area contributed by atoms with Gasteiger partial charge in [-0.3, -0.25) is 33.5 Å². The van der Waals surface area contributed by atoms with Gasteiger partial charge in [-0.2, -0.15) is 10.4 Å². The number of alkyl halides is 1. The number of rotatable bonds is 4. The van der Waals surface area contributed by atoms with Gasteiger partial charge < -0.3 is 10.2 Å². The predicted octanol–water partition coefficient (Wildman–Crippen LogP) is 5.43. The first-order chi connectivity index (χ1) is 25.6. The third-order valence-electron chi connectivity index (χ3n) is 9.91. The lowest BCUT2D eigenvalue weighted by molar-refractivity contribution is -0.135. The van der Waals surface area contributed by atoms with Gasteiger partial charge in [-0.25, -0.2) is 14.2 Å². The molecule has 14 heteroatoms. The Bertz CT molecular complexity index is 2200. The number of imide groups is 1. The maximum absolute atomic E-state index is 12.4. The van der Waals surface area contributed by atoms with Gasteiger partial charge in [-0.15, -0.1) is 0 Å². The summed E-state index contributed by atoms with van der Waals surface area (Å²) in [6, 6.07) is 19.6. The molecule has 5 aromatic rings. The Morgan fingerprint density at radius 1 is 0.943 bits per heavy atom. The number of benzene rings is 2. The van der Waals surface area contributed by atoms with Crippen LogP contribution in [-0.4, -0.2) is 72.8 Å². The molecule has 0 bridgehead atoms. The standard InChI is InChI=1S/C20H19N5O.C13H13N3O3.C6H12FN/c21-12-16-5-4-8-19(22-16)20(26)23-15-9-10-18-14(11-15)13-25(24-18)17-6-2-1-3-7-17;1-15-8-4-2-3-5-9(8)16(13(15)19)10-6-7-11(17)14-12(10)18;1-8-4-2-3-6(7)5-8/h4-5,8-11,13,17H,1-3,6-7H2,(H,23,26);2-5,10H,6-7H2,1H3,(H,14,17,18);6H,2-5H2,1H3. The molecule has 2 aliphatic heterocycles. The lowest BCUT2D eigenvalue weighted by Gasteiger charge is -2.24. The number of fused-ring (bicyclic) bond motifs is 2. The summed E-state index contributed by atoms with van der Waals surface area (Å²) in [5, 5.41) is 19.7. The van der Waals surface area contributed by atoms with Gasteiger partial charge in [0.05, 0.1) is 22.6 Å². The second-order valence-electron chi connectivity index (χ2n) is 13.8. The molecule has 1 aliphatic carbocycles. The van der Waals surface area contributed by atoms with Gasteiger partial charge in [0, 0.05) is 37.3 Å². The van der Waals surface area contributed by atoms with Crippen LogP contribution in [0.5, 0.6) is 0 Å². The van der Waals surface area contributed by atoms with Gasteiger partial charge in [-0.05, 0) is 88.2 Å². The highest BCUT2D eigenvalue weighted by Gasteiger charge is 2.31. The quantitative estimate of drug-likeness (QED) is 0.233. The molecule has 3 amide bonds. The molecule has 13 nitrogen and oxygen atoms in total. The molecule has 2 aromatic carbocycles. The fourth-order valence-corrected chi connectivity index (χ4v) is 7.13. The Kier molecular flexibility index (Phi) is 11.7. The number of carbonyl (C=O) groups excluding carboxylic acids is 3. The largest absolute Gasteiger partial charge is 0.329 e. The Hall–Kier alpha value is -5.68. The highest BCUT2D eigenvalue weighted by molar-refractivity contribution is 6.04. The van der Waals surface area contributed by atoms with Gasteiger partial charge in [0.15, 0.2) is 0 Å². The molecule has 2 N–H and O–H groups in total. The van der Waals surface area contributed by atoms with Crippen LogP contribution in [0.2, 0.25) is 0 Å². The average Bonchev–Trinajstić information content (AvgIpc) is 3.70. The Morgan fingerprint density at radius 2 is 1.72 bits per heavy atom. The summed E-state index contributed by atoms with van der Waals surface area (Å²) < 4.78 is 17.5. The van der Waals surface area contributed by atoms with Crippen molar-refractivity contribution in [3.05, 3.63) is 88.7 Å². The van der Waals surface area contributed by atoms with Crippen molar-refractivity contribution in [2.75, 3.05) is 25.5 Å². The Labute approximate surface area is 306 Å². The number of nitrogens with zero attached hydrogens (tertiary/aromatic N) is 7. The van der Waals surface area contributed by atoms with Crippen molar-refractivity contribution in [1.29, 1.82) is 5.26 Å². The van der Waals surface area contributed by atoms with Gasteiger partial charge >= 0.3 is 5.69 Å². The summed E-state index contributed by atoms with van der Waals surface area (Å²) >= 11 is 0. The monoisotopic (exact) mass is 721 g/mol. The van der Waals surface area contributed by atoms with Crippen molar-refractivity contribution in [2.45, 2.75) is 76.0 Å². The van der Waals surface area contributed by atoms with E-state index in [1.807, 2.05) is 54.4 Å². The van der Waals surface area contributed by atoms with E-state index in [0.717, 1.165) is 35.8 Å². The zero-order valence-corrected chi connectivity index (χ0v) is 30.0. The molecule has 0 radical (unpaired) electrons. The number of pyridine rings is 1. The van der Waals surface area contributed by atoms with Gasteiger partial charge in [0.1, 0.15) is 29.7 Å². The minimum atomic E-state index is -0.615. The number of amides is 3. The summed E-state index contributed by atoms with van der Waals surface area (Å²) in [4.78, 5) is 53.8. The molecular formula is C39H44FN9O4. The molecule has 3 aromatic heterocycles. The number of halogens is 1. The number of hydrogen-bond donors (Lipinski definition) is 2. The van der Waals surface area contributed by atoms with E-state index in [1.54, 1.807) is 31.3 Å². The zero-order valence-electron chi connectivity index (χ0n) is 30.0. The first-order valence-corrected chi connectivity index (χ1v) is 18.1. The second-order valence-corrected chi connectivity index (χ2v) is 13.8. The van der Waals surface area contributed by atoms with E-state index in [-0.39, 0.29) is 35.3 Å². The average molecular weight is 722 g/mol. The molecule has 3 aliphatic rings. The number of anilines is 1. The summed E-state index contributed by atoms with van der Waals surface area (Å²) in [5.74, 6) is -1.02. The number of para-hydroxylation sites is 2. The Balaban J connectivity index is 0.000000155. The number of aryl methyl sites for hydroxylation is 1. The maximum atomic E-state index is 12.4. The van der Waals surface area contributed by atoms with Crippen LogP contribution < -0.4 is 16.3 Å². The van der Waals surface area contributed by atoms with Crippen LogP contribution in [0.25, 0.3) is 21.9 Å². The van der Waals surface area contributed by atoms with Crippen molar-refractivity contribution in [1.82, 2.24) is 34.1 Å².